The lowest BCUT2D eigenvalue weighted by atomic mass is 10.1. The molecule has 190 valence electrons. The summed E-state index contributed by atoms with van der Waals surface area (Å²) in [5.41, 5.74) is 1.78. The Morgan fingerprint density at radius 1 is 1.06 bits per heavy atom. The molecule has 0 unspecified atom stereocenters. The van der Waals surface area contributed by atoms with Gasteiger partial charge < -0.3 is 33.7 Å². The van der Waals surface area contributed by atoms with E-state index in [4.69, 9.17) is 28.9 Å². The lowest BCUT2D eigenvalue weighted by Crippen LogP contribution is -2.37. The van der Waals surface area contributed by atoms with Crippen LogP contribution in [0.4, 0.5) is 17.6 Å². The maximum atomic E-state index is 5.80. The van der Waals surface area contributed by atoms with Crippen molar-refractivity contribution < 1.29 is 18.9 Å². The molecule has 35 heavy (non-hydrogen) atoms. The monoisotopic (exact) mass is 485 g/mol. The van der Waals surface area contributed by atoms with Gasteiger partial charge in [-0.2, -0.15) is 4.98 Å². The third-order valence-electron chi connectivity index (χ3n) is 6.13. The van der Waals surface area contributed by atoms with Gasteiger partial charge in [-0.15, -0.1) is 0 Å². The van der Waals surface area contributed by atoms with Crippen LogP contribution in [0.15, 0.2) is 24.5 Å². The molecule has 4 rings (SSSR count). The second-order valence-electron chi connectivity index (χ2n) is 8.76. The second-order valence-corrected chi connectivity index (χ2v) is 8.76. The highest BCUT2D eigenvalue weighted by molar-refractivity contribution is 5.79. The highest BCUT2D eigenvalue weighted by atomic mass is 16.7. The molecule has 11 heteroatoms. The molecule has 1 fully saturated rings. The fraction of sp³-hybridized carbons (Fsp3) is 0.583. The lowest BCUT2D eigenvalue weighted by Gasteiger charge is -2.31. The predicted molar refractivity (Wildman–Crippen MR) is 133 cm³/mol. The van der Waals surface area contributed by atoms with Gasteiger partial charge in [0.25, 0.3) is 0 Å². The Kier molecular flexibility index (Phi) is 8.45. The van der Waals surface area contributed by atoms with Gasteiger partial charge in [0, 0.05) is 52.7 Å². The van der Waals surface area contributed by atoms with E-state index < -0.39 is 6.29 Å². The van der Waals surface area contributed by atoms with Crippen molar-refractivity contribution in [2.45, 2.75) is 51.7 Å². The summed E-state index contributed by atoms with van der Waals surface area (Å²) in [6.07, 6.45) is 5.38. The summed E-state index contributed by atoms with van der Waals surface area (Å²) in [6, 6.07) is 4.03. The van der Waals surface area contributed by atoms with Crippen molar-refractivity contribution in [3.05, 3.63) is 30.4 Å². The number of ether oxygens (including phenoxy) is 4. The summed E-state index contributed by atoms with van der Waals surface area (Å²) in [5, 5.41) is 3.33. The number of pyridine rings is 1. The van der Waals surface area contributed by atoms with Crippen molar-refractivity contribution in [2.75, 3.05) is 51.2 Å². The maximum absolute atomic E-state index is 5.80. The lowest BCUT2D eigenvalue weighted by molar-refractivity contribution is -0.143. The first kappa shape index (κ1) is 25.2. The number of fused-ring (bicyclic) bond motifs is 1. The van der Waals surface area contributed by atoms with Gasteiger partial charge in [-0.3, -0.25) is 0 Å². The summed E-state index contributed by atoms with van der Waals surface area (Å²) in [5.74, 6) is 2.92. The Hall–Kier alpha value is -2.86. The first-order valence-corrected chi connectivity index (χ1v) is 11.9. The van der Waals surface area contributed by atoms with Crippen LogP contribution in [0.3, 0.4) is 0 Å². The molecular weight excluding hydrogens is 450 g/mol. The van der Waals surface area contributed by atoms with E-state index in [0.29, 0.717) is 36.9 Å². The molecule has 0 aromatic carbocycles. The Balaban J connectivity index is 1.50. The van der Waals surface area contributed by atoms with Crippen LogP contribution in [-0.4, -0.2) is 77.9 Å². The van der Waals surface area contributed by atoms with Crippen molar-refractivity contribution in [3.63, 3.8) is 0 Å². The third-order valence-corrected chi connectivity index (χ3v) is 6.13. The molecule has 0 aliphatic carbocycles. The van der Waals surface area contributed by atoms with Crippen LogP contribution in [0.1, 0.15) is 38.6 Å². The molecule has 1 saturated heterocycles. The highest BCUT2D eigenvalue weighted by Gasteiger charge is 2.21. The molecule has 0 bridgehead atoms. The molecule has 0 saturated carbocycles. The largest absolute Gasteiger partial charge is 0.381 e. The summed E-state index contributed by atoms with van der Waals surface area (Å²) < 4.78 is 23.8. The molecule has 1 N–H and O–H groups in total. The fourth-order valence-corrected chi connectivity index (χ4v) is 4.27. The average molecular weight is 486 g/mol. The number of piperidine rings is 1. The summed E-state index contributed by atoms with van der Waals surface area (Å²) >= 11 is 0. The smallest absolute Gasteiger partial charge is 0.227 e. The molecule has 4 heterocycles. The van der Waals surface area contributed by atoms with Crippen molar-refractivity contribution in [1.29, 1.82) is 0 Å². The van der Waals surface area contributed by atoms with E-state index in [1.165, 1.54) is 0 Å². The summed E-state index contributed by atoms with van der Waals surface area (Å²) in [4.78, 5) is 20.7. The SMILES string of the molecule is COC1CCN(c2nccc(Nc3cc4c(cn3)nc(COCC(OC)OC)n4C(C)C)n2)CC1. The van der Waals surface area contributed by atoms with Crippen molar-refractivity contribution in [3.8, 4) is 0 Å². The fourth-order valence-electron chi connectivity index (χ4n) is 4.27. The summed E-state index contributed by atoms with van der Waals surface area (Å²) in [7, 11) is 4.94. The van der Waals surface area contributed by atoms with E-state index in [2.05, 4.69) is 38.6 Å². The molecule has 3 aromatic heterocycles. The van der Waals surface area contributed by atoms with Crippen LogP contribution in [0.25, 0.3) is 11.0 Å². The van der Waals surface area contributed by atoms with Crippen molar-refractivity contribution >= 4 is 28.6 Å². The van der Waals surface area contributed by atoms with Gasteiger partial charge >= 0.3 is 0 Å². The van der Waals surface area contributed by atoms with Crippen LogP contribution in [-0.2, 0) is 25.6 Å². The van der Waals surface area contributed by atoms with E-state index in [1.807, 2.05) is 12.1 Å². The molecule has 11 nitrogen and oxygen atoms in total. The average Bonchev–Trinajstić information content (AvgIpc) is 3.24. The number of anilines is 3. The molecule has 0 spiro atoms. The minimum atomic E-state index is -0.409. The molecular formula is C24H35N7O4. The van der Waals surface area contributed by atoms with Gasteiger partial charge in [0.2, 0.25) is 5.95 Å². The number of hydrogen-bond acceptors (Lipinski definition) is 10. The van der Waals surface area contributed by atoms with Gasteiger partial charge in [-0.1, -0.05) is 0 Å². The van der Waals surface area contributed by atoms with E-state index in [0.717, 1.165) is 42.8 Å². The maximum Gasteiger partial charge on any atom is 0.227 e. The van der Waals surface area contributed by atoms with Gasteiger partial charge in [-0.25, -0.2) is 15.0 Å². The van der Waals surface area contributed by atoms with Crippen molar-refractivity contribution in [1.82, 2.24) is 24.5 Å². The molecule has 1 aliphatic rings. The van der Waals surface area contributed by atoms with Gasteiger partial charge in [-0.05, 0) is 32.8 Å². The molecule has 3 aromatic rings. The minimum absolute atomic E-state index is 0.190. The second kappa shape index (κ2) is 11.7. The number of nitrogens with one attached hydrogen (secondary N) is 1. The summed E-state index contributed by atoms with van der Waals surface area (Å²) in [6.45, 7) is 6.65. The van der Waals surface area contributed by atoms with Crippen molar-refractivity contribution in [2.24, 2.45) is 0 Å². The Bertz CT molecular complexity index is 1090. The number of methoxy groups -OCH3 is 3. The normalized spacial score (nSPS) is 15.0. The third kappa shape index (κ3) is 6.04. The molecule has 0 amide bonds. The Labute approximate surface area is 205 Å². The van der Waals surface area contributed by atoms with E-state index in [1.54, 1.807) is 33.7 Å². The zero-order chi connectivity index (χ0) is 24.8. The molecule has 1 aliphatic heterocycles. The number of rotatable bonds is 11. The van der Waals surface area contributed by atoms with Gasteiger partial charge in [0.05, 0.1) is 24.4 Å². The first-order chi connectivity index (χ1) is 17.0. The minimum Gasteiger partial charge on any atom is -0.381 e. The number of imidazole rings is 1. The highest BCUT2D eigenvalue weighted by Crippen LogP contribution is 2.25. The van der Waals surface area contributed by atoms with Gasteiger partial charge in [0.1, 0.15) is 29.6 Å². The standard InChI is InChI=1S/C24H35N7O4/c1-16(2)31-19-12-21(26-13-18(19)27-22(31)14-35-15-23(33-4)34-5)28-20-6-9-25-24(29-20)30-10-7-17(32-3)8-11-30/h6,9,12-13,16-17,23H,7-8,10-11,14-15H2,1-5H3,(H,25,26,28,29). The number of nitrogens with zero attached hydrogens (tertiary/aromatic N) is 6. The number of hydrogen-bond donors (Lipinski definition) is 1. The molecule has 0 radical (unpaired) electrons. The zero-order valence-electron chi connectivity index (χ0n) is 21.1. The van der Waals surface area contributed by atoms with Crippen LogP contribution in [0, 0.1) is 0 Å². The Morgan fingerprint density at radius 3 is 2.51 bits per heavy atom. The van der Waals surface area contributed by atoms with Crippen LogP contribution < -0.4 is 10.2 Å². The van der Waals surface area contributed by atoms with Crippen LogP contribution in [0.5, 0.6) is 0 Å². The van der Waals surface area contributed by atoms with Crippen LogP contribution in [0.2, 0.25) is 0 Å². The van der Waals surface area contributed by atoms with E-state index >= 15 is 0 Å². The van der Waals surface area contributed by atoms with Crippen LogP contribution >= 0.6 is 0 Å². The van der Waals surface area contributed by atoms with E-state index in [-0.39, 0.29) is 6.04 Å². The quantitative estimate of drug-likeness (QED) is 0.406. The topological polar surface area (TPSA) is 109 Å². The molecule has 0 atom stereocenters. The van der Waals surface area contributed by atoms with E-state index in [9.17, 15) is 0 Å². The first-order valence-electron chi connectivity index (χ1n) is 11.9. The number of aromatic nitrogens is 5. The zero-order valence-corrected chi connectivity index (χ0v) is 21.1. The van der Waals surface area contributed by atoms with Gasteiger partial charge in [0.15, 0.2) is 6.29 Å². The predicted octanol–water partition coefficient (Wildman–Crippen LogP) is 3.30. The Morgan fingerprint density at radius 2 is 1.83 bits per heavy atom.